The number of carbonyl (C=O) groups is 1. The molecule has 2 aromatic carbocycles. The molecule has 1 aliphatic carbocycles. The Morgan fingerprint density at radius 1 is 1.20 bits per heavy atom. The van der Waals surface area contributed by atoms with E-state index in [-0.39, 0.29) is 24.4 Å². The van der Waals surface area contributed by atoms with Crippen LogP contribution in [0.2, 0.25) is 0 Å². The Kier molecular flexibility index (Phi) is 4.02. The minimum absolute atomic E-state index is 0. The molecule has 0 spiro atoms. The molecule has 0 aliphatic heterocycles. The molecule has 3 nitrogen and oxygen atoms in total. The number of benzene rings is 2. The van der Waals surface area contributed by atoms with Gasteiger partial charge >= 0.3 is 0 Å². The number of halogens is 1. The normalized spacial score (nSPS) is 17.1. The maximum atomic E-state index is 11.9. The standard InChI is InChI=1S/C16H18N2O.ClH/c1-11(18-15(19)16(17)8-9-16)13-7-6-12-4-2-3-5-14(12)10-13;/h2-7,10-11H,8-9,17H2,1H3,(H,18,19);1H. The van der Waals surface area contributed by atoms with Crippen molar-refractivity contribution in [2.45, 2.75) is 31.3 Å². The van der Waals surface area contributed by atoms with Gasteiger partial charge in [-0.05, 0) is 42.2 Å². The summed E-state index contributed by atoms with van der Waals surface area (Å²) in [5, 5.41) is 5.40. The van der Waals surface area contributed by atoms with E-state index in [1.165, 1.54) is 10.8 Å². The molecule has 2 aromatic rings. The van der Waals surface area contributed by atoms with Gasteiger partial charge in [0.1, 0.15) is 0 Å². The molecule has 20 heavy (non-hydrogen) atoms. The van der Waals surface area contributed by atoms with E-state index in [2.05, 4.69) is 35.6 Å². The second kappa shape index (κ2) is 5.43. The van der Waals surface area contributed by atoms with Gasteiger partial charge in [-0.1, -0.05) is 36.4 Å². The number of nitrogens with two attached hydrogens (primary N) is 1. The van der Waals surface area contributed by atoms with Gasteiger partial charge in [0.05, 0.1) is 11.6 Å². The van der Waals surface area contributed by atoms with Crippen molar-refractivity contribution in [3.8, 4) is 0 Å². The van der Waals surface area contributed by atoms with Gasteiger partial charge in [0.2, 0.25) is 5.91 Å². The van der Waals surface area contributed by atoms with Crippen LogP contribution in [0.25, 0.3) is 10.8 Å². The Bertz CT molecular complexity index is 637. The van der Waals surface area contributed by atoms with Gasteiger partial charge in [-0.15, -0.1) is 12.4 Å². The van der Waals surface area contributed by atoms with E-state index in [0.29, 0.717) is 0 Å². The van der Waals surface area contributed by atoms with Crippen molar-refractivity contribution in [3.63, 3.8) is 0 Å². The molecule has 1 fully saturated rings. The van der Waals surface area contributed by atoms with Crippen molar-refractivity contribution < 1.29 is 4.79 Å². The average molecular weight is 291 g/mol. The van der Waals surface area contributed by atoms with Crippen LogP contribution in [0.15, 0.2) is 42.5 Å². The fraction of sp³-hybridized carbons (Fsp3) is 0.312. The molecule has 3 rings (SSSR count). The van der Waals surface area contributed by atoms with E-state index in [1.807, 2.05) is 19.1 Å². The van der Waals surface area contributed by atoms with Gasteiger partial charge in [0, 0.05) is 0 Å². The van der Waals surface area contributed by atoms with Crippen LogP contribution in [0, 0.1) is 0 Å². The van der Waals surface area contributed by atoms with E-state index < -0.39 is 5.54 Å². The van der Waals surface area contributed by atoms with E-state index in [9.17, 15) is 4.79 Å². The monoisotopic (exact) mass is 290 g/mol. The van der Waals surface area contributed by atoms with Gasteiger partial charge in [-0.25, -0.2) is 0 Å². The summed E-state index contributed by atoms with van der Waals surface area (Å²) in [6.07, 6.45) is 1.59. The van der Waals surface area contributed by atoms with Gasteiger partial charge in [0.25, 0.3) is 0 Å². The number of amides is 1. The SMILES string of the molecule is CC(NC(=O)C1(N)CC1)c1ccc2ccccc2c1.Cl. The third kappa shape index (κ3) is 2.79. The van der Waals surface area contributed by atoms with Crippen molar-refractivity contribution in [1.29, 1.82) is 0 Å². The van der Waals surface area contributed by atoms with Gasteiger partial charge in [-0.3, -0.25) is 4.79 Å². The van der Waals surface area contributed by atoms with E-state index in [1.54, 1.807) is 0 Å². The molecule has 3 N–H and O–H groups in total. The summed E-state index contributed by atoms with van der Waals surface area (Å²) >= 11 is 0. The fourth-order valence-electron chi connectivity index (χ4n) is 2.26. The smallest absolute Gasteiger partial charge is 0.240 e. The Hall–Kier alpha value is -1.58. The van der Waals surface area contributed by atoms with Crippen LogP contribution in [-0.2, 0) is 4.79 Å². The lowest BCUT2D eigenvalue weighted by molar-refractivity contribution is -0.123. The third-order valence-corrected chi connectivity index (χ3v) is 3.86. The van der Waals surface area contributed by atoms with Crippen molar-refractivity contribution in [1.82, 2.24) is 5.32 Å². The third-order valence-electron chi connectivity index (χ3n) is 3.86. The first kappa shape index (κ1) is 14.8. The predicted molar refractivity (Wildman–Crippen MR) is 83.9 cm³/mol. The maximum absolute atomic E-state index is 11.9. The Morgan fingerprint density at radius 3 is 2.50 bits per heavy atom. The second-order valence-corrected chi connectivity index (χ2v) is 5.46. The van der Waals surface area contributed by atoms with Gasteiger partial charge < -0.3 is 11.1 Å². The first-order valence-corrected chi connectivity index (χ1v) is 6.67. The van der Waals surface area contributed by atoms with Crippen molar-refractivity contribution in [2.75, 3.05) is 0 Å². The zero-order valence-corrected chi connectivity index (χ0v) is 12.2. The summed E-state index contributed by atoms with van der Waals surface area (Å²) in [6.45, 7) is 1.99. The maximum Gasteiger partial charge on any atom is 0.240 e. The van der Waals surface area contributed by atoms with Crippen molar-refractivity contribution in [3.05, 3.63) is 48.0 Å². The lowest BCUT2D eigenvalue weighted by Crippen LogP contribution is -2.43. The average Bonchev–Trinajstić information content (AvgIpc) is 3.17. The molecule has 0 aromatic heterocycles. The Labute approximate surface area is 125 Å². The first-order valence-electron chi connectivity index (χ1n) is 6.67. The zero-order valence-electron chi connectivity index (χ0n) is 11.4. The molecule has 0 bridgehead atoms. The Balaban J connectivity index is 0.00000147. The lowest BCUT2D eigenvalue weighted by Gasteiger charge is -2.17. The summed E-state index contributed by atoms with van der Waals surface area (Å²) in [7, 11) is 0. The molecule has 1 saturated carbocycles. The number of nitrogens with one attached hydrogen (secondary N) is 1. The van der Waals surface area contributed by atoms with Crippen LogP contribution >= 0.6 is 12.4 Å². The summed E-state index contributed by atoms with van der Waals surface area (Å²) in [6, 6.07) is 14.5. The summed E-state index contributed by atoms with van der Waals surface area (Å²) < 4.78 is 0. The zero-order chi connectivity index (χ0) is 13.5. The number of fused-ring (bicyclic) bond motifs is 1. The minimum atomic E-state index is -0.606. The van der Waals surface area contributed by atoms with Gasteiger partial charge in [-0.2, -0.15) is 0 Å². The summed E-state index contributed by atoms with van der Waals surface area (Å²) in [5.74, 6) is -0.0341. The highest BCUT2D eigenvalue weighted by molar-refractivity contribution is 5.89. The molecule has 1 atom stereocenters. The molecule has 4 heteroatoms. The van der Waals surface area contributed by atoms with Gasteiger partial charge in [0.15, 0.2) is 0 Å². The molecule has 0 saturated heterocycles. The Morgan fingerprint density at radius 2 is 1.85 bits per heavy atom. The molecule has 0 heterocycles. The highest BCUT2D eigenvalue weighted by atomic mass is 35.5. The number of carbonyl (C=O) groups excluding carboxylic acids is 1. The molecule has 106 valence electrons. The highest BCUT2D eigenvalue weighted by Gasteiger charge is 2.46. The molecular weight excluding hydrogens is 272 g/mol. The number of hydrogen-bond donors (Lipinski definition) is 2. The van der Waals surface area contributed by atoms with Crippen LogP contribution in [0.1, 0.15) is 31.4 Å². The molecule has 1 unspecified atom stereocenters. The topological polar surface area (TPSA) is 55.1 Å². The first-order chi connectivity index (χ1) is 9.08. The van der Waals surface area contributed by atoms with E-state index in [4.69, 9.17) is 5.73 Å². The number of hydrogen-bond acceptors (Lipinski definition) is 2. The van der Waals surface area contributed by atoms with Crippen LogP contribution in [-0.4, -0.2) is 11.4 Å². The number of rotatable bonds is 3. The molecule has 1 aliphatic rings. The second-order valence-electron chi connectivity index (χ2n) is 5.46. The van der Waals surface area contributed by atoms with Crippen LogP contribution in [0.3, 0.4) is 0 Å². The summed E-state index contributed by atoms with van der Waals surface area (Å²) in [4.78, 5) is 11.9. The van der Waals surface area contributed by atoms with Crippen LogP contribution in [0.5, 0.6) is 0 Å². The highest BCUT2D eigenvalue weighted by Crippen LogP contribution is 2.33. The quantitative estimate of drug-likeness (QED) is 0.913. The van der Waals surface area contributed by atoms with Crippen LogP contribution < -0.4 is 11.1 Å². The lowest BCUT2D eigenvalue weighted by atomic mass is 10.0. The predicted octanol–water partition coefficient (Wildman–Crippen LogP) is 2.93. The molecule has 0 radical (unpaired) electrons. The van der Waals surface area contributed by atoms with Crippen LogP contribution in [0.4, 0.5) is 0 Å². The largest absolute Gasteiger partial charge is 0.348 e. The molecule has 1 amide bonds. The van der Waals surface area contributed by atoms with Crippen molar-refractivity contribution in [2.24, 2.45) is 5.73 Å². The van der Waals surface area contributed by atoms with E-state index in [0.717, 1.165) is 18.4 Å². The van der Waals surface area contributed by atoms with E-state index >= 15 is 0 Å². The minimum Gasteiger partial charge on any atom is -0.348 e. The fourth-order valence-corrected chi connectivity index (χ4v) is 2.26. The summed E-state index contributed by atoms with van der Waals surface area (Å²) in [5.41, 5.74) is 6.40. The van der Waals surface area contributed by atoms with Crippen molar-refractivity contribution >= 4 is 29.1 Å². The molecular formula is C16H19ClN2O.